The molecule has 3 rings (SSSR count). The van der Waals surface area contributed by atoms with Crippen molar-refractivity contribution < 1.29 is 21.6 Å². The zero-order chi connectivity index (χ0) is 22.6. The van der Waals surface area contributed by atoms with Crippen molar-refractivity contribution in [3.05, 3.63) is 64.7 Å². The van der Waals surface area contributed by atoms with Crippen molar-refractivity contribution >= 4 is 25.8 Å². The van der Waals surface area contributed by atoms with E-state index in [1.807, 2.05) is 0 Å². The molecule has 168 valence electrons. The molecule has 1 saturated heterocycles. The molecule has 0 radical (unpaired) electrons. The molecule has 2 aromatic carbocycles. The minimum atomic E-state index is -3.84. The first-order chi connectivity index (χ1) is 14.6. The molecule has 2 N–H and O–H groups in total. The lowest BCUT2D eigenvalue weighted by Crippen LogP contribution is -2.35. The zero-order valence-corrected chi connectivity index (χ0v) is 19.4. The molecule has 1 aliphatic heterocycles. The van der Waals surface area contributed by atoms with Crippen molar-refractivity contribution in [3.8, 4) is 0 Å². The van der Waals surface area contributed by atoms with Gasteiger partial charge in [0.15, 0.2) is 9.84 Å². The molecule has 31 heavy (non-hydrogen) atoms. The van der Waals surface area contributed by atoms with Gasteiger partial charge in [-0.25, -0.2) is 21.6 Å². The quantitative estimate of drug-likeness (QED) is 0.582. The van der Waals surface area contributed by atoms with Gasteiger partial charge in [-0.2, -0.15) is 0 Å². The first kappa shape index (κ1) is 23.4. The summed E-state index contributed by atoms with van der Waals surface area (Å²) in [5, 5.41) is 2.86. The molecule has 0 aliphatic carbocycles. The topological polar surface area (TPSA) is 109 Å². The maximum atomic E-state index is 12.5. The Morgan fingerprint density at radius 1 is 1.10 bits per heavy atom. The highest BCUT2D eigenvalue weighted by molar-refractivity contribution is 7.92. The fourth-order valence-electron chi connectivity index (χ4n) is 3.67. The Kier molecular flexibility index (Phi) is 7.18. The molecular weight excluding hydrogens is 436 g/mol. The van der Waals surface area contributed by atoms with Gasteiger partial charge in [0, 0.05) is 18.2 Å². The molecule has 0 saturated carbocycles. The number of sulfonamides is 1. The van der Waals surface area contributed by atoms with Crippen molar-refractivity contribution in [2.45, 2.75) is 44.0 Å². The predicted octanol–water partition coefficient (Wildman–Crippen LogP) is 2.13. The van der Waals surface area contributed by atoms with E-state index in [9.17, 15) is 21.6 Å². The molecule has 7 nitrogen and oxygen atoms in total. The number of hydrogen-bond acceptors (Lipinski definition) is 5. The fourth-order valence-corrected chi connectivity index (χ4v) is 6.72. The number of nitrogens with one attached hydrogen (secondary N) is 2. The number of amides is 1. The molecule has 1 fully saturated rings. The molecule has 9 heteroatoms. The smallest absolute Gasteiger partial charge is 0.251 e. The van der Waals surface area contributed by atoms with Crippen molar-refractivity contribution in [1.82, 2.24) is 10.0 Å². The van der Waals surface area contributed by atoms with Crippen LogP contribution in [0.5, 0.6) is 0 Å². The normalized spacial score (nSPS) is 18.1. The molecule has 0 spiro atoms. The molecule has 1 aliphatic rings. The summed E-state index contributed by atoms with van der Waals surface area (Å²) in [6, 6.07) is 11.3. The number of aryl methyl sites for hydroxylation is 3. The second-order valence-electron chi connectivity index (χ2n) is 8.04. The summed E-state index contributed by atoms with van der Waals surface area (Å²) < 4.78 is 50.4. The van der Waals surface area contributed by atoms with Gasteiger partial charge < -0.3 is 5.32 Å². The van der Waals surface area contributed by atoms with Gasteiger partial charge in [0.2, 0.25) is 10.0 Å². The van der Waals surface area contributed by atoms with Crippen LogP contribution in [0.25, 0.3) is 0 Å². The number of carbonyl (C=O) groups excluding carboxylic acids is 1. The maximum absolute atomic E-state index is 12.5. The van der Waals surface area contributed by atoms with E-state index in [1.165, 1.54) is 41.0 Å². The highest BCUT2D eigenvalue weighted by Gasteiger charge is 2.31. The van der Waals surface area contributed by atoms with Gasteiger partial charge >= 0.3 is 0 Å². The average Bonchev–Trinajstić information content (AvgIpc) is 3.04. The number of carbonyl (C=O) groups is 1. The van der Waals surface area contributed by atoms with E-state index in [1.54, 1.807) is 0 Å². The average molecular weight is 465 g/mol. The van der Waals surface area contributed by atoms with Crippen molar-refractivity contribution in [2.75, 3.05) is 18.1 Å². The second kappa shape index (κ2) is 9.50. The van der Waals surface area contributed by atoms with Crippen LogP contribution in [-0.4, -0.2) is 46.8 Å². The van der Waals surface area contributed by atoms with E-state index in [4.69, 9.17) is 0 Å². The van der Waals surface area contributed by atoms with Gasteiger partial charge in [-0.1, -0.05) is 23.8 Å². The highest BCUT2D eigenvalue weighted by Crippen LogP contribution is 2.17. The number of benzene rings is 2. The molecule has 0 unspecified atom stereocenters. The van der Waals surface area contributed by atoms with Gasteiger partial charge in [-0.15, -0.1) is 0 Å². The molecule has 1 atom stereocenters. The Morgan fingerprint density at radius 2 is 1.81 bits per heavy atom. The van der Waals surface area contributed by atoms with Crippen LogP contribution in [0, 0.1) is 13.8 Å². The van der Waals surface area contributed by atoms with E-state index in [-0.39, 0.29) is 28.7 Å². The molecule has 1 heterocycles. The van der Waals surface area contributed by atoms with Crippen molar-refractivity contribution in [1.29, 1.82) is 0 Å². The largest absolute Gasteiger partial charge is 0.352 e. The van der Waals surface area contributed by atoms with E-state index in [2.05, 4.69) is 42.1 Å². The third-order valence-corrected chi connectivity index (χ3v) is 8.69. The number of rotatable bonds is 8. The van der Waals surface area contributed by atoms with Crippen LogP contribution in [0.1, 0.15) is 39.9 Å². The Labute approximate surface area is 184 Å². The molecule has 0 aromatic heterocycles. The van der Waals surface area contributed by atoms with Crippen LogP contribution >= 0.6 is 0 Å². The Bertz CT molecular complexity index is 1160. The summed E-state index contributed by atoms with van der Waals surface area (Å²) in [5.74, 6) is -0.461. The van der Waals surface area contributed by atoms with Gasteiger partial charge in [-0.05, 0) is 68.5 Å². The molecule has 0 bridgehead atoms. The van der Waals surface area contributed by atoms with Crippen LogP contribution in [0.3, 0.4) is 0 Å². The predicted molar refractivity (Wildman–Crippen MR) is 120 cm³/mol. The first-order valence-electron chi connectivity index (χ1n) is 10.2. The van der Waals surface area contributed by atoms with Crippen LogP contribution in [-0.2, 0) is 26.3 Å². The summed E-state index contributed by atoms with van der Waals surface area (Å²) in [7, 11) is -7.02. The SMILES string of the molecule is Cc1ccc(CCCNC(=O)c2ccc(S(=O)(=O)N[C@H]3CCS(=O)(=O)C3)cc2)c(C)c1. The monoisotopic (exact) mass is 464 g/mol. The van der Waals surface area contributed by atoms with E-state index >= 15 is 0 Å². The lowest BCUT2D eigenvalue weighted by molar-refractivity contribution is 0.0953. The third kappa shape index (κ3) is 6.38. The first-order valence-corrected chi connectivity index (χ1v) is 13.5. The van der Waals surface area contributed by atoms with Gasteiger partial charge in [0.1, 0.15) is 0 Å². The van der Waals surface area contributed by atoms with Gasteiger partial charge in [0.05, 0.1) is 16.4 Å². The van der Waals surface area contributed by atoms with E-state index in [0.29, 0.717) is 12.1 Å². The lowest BCUT2D eigenvalue weighted by Gasteiger charge is -2.12. The van der Waals surface area contributed by atoms with Gasteiger partial charge in [0.25, 0.3) is 5.91 Å². The highest BCUT2D eigenvalue weighted by atomic mass is 32.2. The summed E-state index contributed by atoms with van der Waals surface area (Å²) in [6.45, 7) is 4.66. The van der Waals surface area contributed by atoms with Crippen LogP contribution in [0.4, 0.5) is 0 Å². The number of hydrogen-bond donors (Lipinski definition) is 2. The van der Waals surface area contributed by atoms with E-state index in [0.717, 1.165) is 12.8 Å². The minimum Gasteiger partial charge on any atom is -0.352 e. The summed E-state index contributed by atoms with van der Waals surface area (Å²) >= 11 is 0. The third-order valence-electron chi connectivity index (χ3n) is 5.39. The summed E-state index contributed by atoms with van der Waals surface area (Å²) in [4.78, 5) is 12.3. The fraction of sp³-hybridized carbons (Fsp3) is 0.409. The molecule has 1 amide bonds. The number of sulfone groups is 1. The molecular formula is C22H28N2O5S2. The second-order valence-corrected chi connectivity index (χ2v) is 12.0. The van der Waals surface area contributed by atoms with Crippen LogP contribution in [0.15, 0.2) is 47.4 Å². The minimum absolute atomic E-state index is 0.00296. The van der Waals surface area contributed by atoms with E-state index < -0.39 is 25.9 Å². The zero-order valence-electron chi connectivity index (χ0n) is 17.7. The van der Waals surface area contributed by atoms with Gasteiger partial charge in [-0.3, -0.25) is 4.79 Å². The summed E-state index contributed by atoms with van der Waals surface area (Å²) in [5.41, 5.74) is 4.10. The lowest BCUT2D eigenvalue weighted by atomic mass is 10.0. The Balaban J connectivity index is 1.51. The van der Waals surface area contributed by atoms with Crippen LogP contribution in [0.2, 0.25) is 0 Å². The standard InChI is InChI=1S/C22H28N2O5S2/c1-16-5-6-18(17(2)14-16)4-3-12-23-22(25)19-7-9-21(10-8-19)31(28,29)24-20-11-13-30(26,27)15-20/h5-10,14,20,24H,3-4,11-13,15H2,1-2H3,(H,23,25)/t20-/m0/s1. The van der Waals surface area contributed by atoms with Crippen LogP contribution < -0.4 is 10.0 Å². The Hall–Kier alpha value is -2.23. The van der Waals surface area contributed by atoms with Crippen molar-refractivity contribution in [2.24, 2.45) is 0 Å². The summed E-state index contributed by atoms with van der Waals surface area (Å²) in [6.07, 6.45) is 1.94. The molecule has 2 aromatic rings. The Morgan fingerprint density at radius 3 is 2.42 bits per heavy atom. The van der Waals surface area contributed by atoms with Crippen molar-refractivity contribution in [3.63, 3.8) is 0 Å². The maximum Gasteiger partial charge on any atom is 0.251 e.